The Morgan fingerprint density at radius 1 is 0.547 bits per heavy atom. The first-order valence-electron chi connectivity index (χ1n) is 17.3. The fraction of sp³-hybridized carbons (Fsp3) is 0.462. The summed E-state index contributed by atoms with van der Waals surface area (Å²) < 4.78 is 53.3. The van der Waals surface area contributed by atoms with Crippen molar-refractivity contribution in [1.82, 2.24) is 0 Å². The molecule has 0 aliphatic carbocycles. The third kappa shape index (κ3) is 11.6. The molecule has 0 bridgehead atoms. The second-order valence-electron chi connectivity index (χ2n) is 12.7. The molecule has 14 nitrogen and oxygen atoms in total. The fourth-order valence-electron chi connectivity index (χ4n) is 6.13. The van der Waals surface area contributed by atoms with Gasteiger partial charge in [-0.25, -0.2) is 0 Å². The number of ether oxygens (including phenoxy) is 9. The van der Waals surface area contributed by atoms with Crippen molar-refractivity contribution in [2.45, 2.75) is 102 Å². The van der Waals surface area contributed by atoms with E-state index in [0.717, 1.165) is 30.5 Å². The van der Waals surface area contributed by atoms with Crippen molar-refractivity contribution < 1.29 is 67.2 Å². The molecule has 0 unspecified atom stereocenters. The summed E-state index contributed by atoms with van der Waals surface area (Å²) in [6, 6.07) is 27.8. The first-order chi connectivity index (χ1) is 25.6. The van der Waals surface area contributed by atoms with Gasteiger partial charge in [0.1, 0.15) is 30.5 Å². The molecule has 53 heavy (non-hydrogen) atoms. The summed E-state index contributed by atoms with van der Waals surface area (Å²) in [4.78, 5) is 37.3. The maximum atomic E-state index is 12.5. The number of carbonyl (C=O) groups is 3. The van der Waals surface area contributed by atoms with E-state index in [1.165, 1.54) is 6.92 Å². The normalized spacial score (nSPS) is 28.5. The van der Waals surface area contributed by atoms with Gasteiger partial charge in [0, 0.05) is 20.8 Å². The van der Waals surface area contributed by atoms with Gasteiger partial charge in [-0.1, -0.05) is 91.0 Å². The van der Waals surface area contributed by atoms with Crippen LogP contribution in [0.25, 0.3) is 0 Å². The van der Waals surface area contributed by atoms with Gasteiger partial charge in [-0.15, -0.1) is 0 Å². The second-order valence-corrected chi connectivity index (χ2v) is 12.7. The lowest BCUT2D eigenvalue weighted by atomic mass is 9.96. The van der Waals surface area contributed by atoms with E-state index in [1.54, 1.807) is 0 Å². The summed E-state index contributed by atoms with van der Waals surface area (Å²) in [6.45, 7) is 3.51. The number of aliphatic hydroxyl groups excluding tert-OH is 2. The van der Waals surface area contributed by atoms with Crippen LogP contribution in [0.3, 0.4) is 0 Å². The number of hydrogen-bond donors (Lipinski definition) is 2. The number of hydrogen-bond acceptors (Lipinski definition) is 14. The minimum atomic E-state index is -1.61. The molecule has 0 spiro atoms. The molecule has 286 valence electrons. The van der Waals surface area contributed by atoms with E-state index in [0.29, 0.717) is 0 Å². The van der Waals surface area contributed by atoms with Gasteiger partial charge in [0.15, 0.2) is 30.9 Å². The highest BCUT2D eigenvalue weighted by Gasteiger charge is 2.55. The van der Waals surface area contributed by atoms with Crippen LogP contribution >= 0.6 is 0 Å². The molecule has 2 aliphatic heterocycles. The van der Waals surface area contributed by atoms with Gasteiger partial charge in [0.05, 0.1) is 33.0 Å². The van der Waals surface area contributed by atoms with Crippen LogP contribution in [0, 0.1) is 0 Å². The summed E-state index contributed by atoms with van der Waals surface area (Å²) in [5, 5.41) is 23.0. The topological polar surface area (TPSA) is 175 Å². The highest BCUT2D eigenvalue weighted by Crippen LogP contribution is 2.34. The van der Waals surface area contributed by atoms with Crippen molar-refractivity contribution in [2.24, 2.45) is 0 Å². The van der Waals surface area contributed by atoms with Crippen LogP contribution in [0.4, 0.5) is 0 Å². The molecule has 2 aliphatic rings. The number of aliphatic hydroxyl groups is 2. The highest BCUT2D eigenvalue weighted by molar-refractivity contribution is 5.68. The maximum Gasteiger partial charge on any atom is 0.303 e. The zero-order chi connectivity index (χ0) is 37.7. The minimum absolute atomic E-state index is 0.00707. The van der Waals surface area contributed by atoms with Crippen molar-refractivity contribution in [2.75, 3.05) is 13.2 Å². The Balaban J connectivity index is 1.43. The van der Waals surface area contributed by atoms with Gasteiger partial charge in [0.2, 0.25) is 0 Å². The van der Waals surface area contributed by atoms with Crippen LogP contribution in [0.1, 0.15) is 37.5 Å². The summed E-state index contributed by atoms with van der Waals surface area (Å²) in [5.41, 5.74) is 2.50. The SMILES string of the molecule is CC(=O)O[C@H]1[C@@H](OC(C)=O)[C@@H](COCc2ccccc2)O[C@@H](O[C@H]2[C@H](O)[C@@H](COCc3ccccc3)O[C@@H](O)[C@@H]2OCc2ccccc2)[C@@H]1OC(C)=O. The number of esters is 3. The van der Waals surface area contributed by atoms with Crippen LogP contribution in [0.15, 0.2) is 91.0 Å². The summed E-state index contributed by atoms with van der Waals surface area (Å²) in [7, 11) is 0. The van der Waals surface area contributed by atoms with Gasteiger partial charge in [-0.2, -0.15) is 0 Å². The molecule has 2 N–H and O–H groups in total. The quantitative estimate of drug-likeness (QED) is 0.162. The summed E-state index contributed by atoms with van der Waals surface area (Å²) in [5.74, 6) is -2.28. The van der Waals surface area contributed by atoms with Crippen LogP contribution < -0.4 is 0 Å². The van der Waals surface area contributed by atoms with Crippen molar-refractivity contribution in [3.05, 3.63) is 108 Å². The van der Waals surface area contributed by atoms with Crippen molar-refractivity contribution in [3.8, 4) is 0 Å². The Morgan fingerprint density at radius 3 is 1.51 bits per heavy atom. The van der Waals surface area contributed by atoms with E-state index in [2.05, 4.69) is 0 Å². The molecule has 2 fully saturated rings. The zero-order valence-electron chi connectivity index (χ0n) is 29.8. The first-order valence-corrected chi connectivity index (χ1v) is 17.3. The molecule has 0 aromatic heterocycles. The lowest BCUT2D eigenvalue weighted by Crippen LogP contribution is -2.66. The number of rotatable bonds is 16. The largest absolute Gasteiger partial charge is 0.456 e. The molecule has 0 amide bonds. The molecule has 5 rings (SSSR count). The van der Waals surface area contributed by atoms with E-state index in [4.69, 9.17) is 42.6 Å². The molecular formula is C39H46O14. The monoisotopic (exact) mass is 738 g/mol. The number of benzene rings is 3. The lowest BCUT2D eigenvalue weighted by Gasteiger charge is -2.48. The Morgan fingerprint density at radius 2 is 1.00 bits per heavy atom. The first kappa shape index (κ1) is 39.9. The number of carbonyl (C=O) groups excluding carboxylic acids is 3. The maximum absolute atomic E-state index is 12.5. The predicted octanol–water partition coefficient (Wildman–Crippen LogP) is 2.99. The van der Waals surface area contributed by atoms with Gasteiger partial charge in [-0.05, 0) is 16.7 Å². The Bertz CT molecular complexity index is 1570. The fourth-order valence-corrected chi connectivity index (χ4v) is 6.13. The average Bonchev–Trinajstić information content (AvgIpc) is 3.13. The average molecular weight is 739 g/mol. The third-order valence-corrected chi connectivity index (χ3v) is 8.50. The van der Waals surface area contributed by atoms with Gasteiger partial charge in [-0.3, -0.25) is 14.4 Å². The molecule has 3 aromatic carbocycles. The smallest absolute Gasteiger partial charge is 0.303 e. The molecule has 2 saturated heterocycles. The van der Waals surface area contributed by atoms with Crippen LogP contribution in [0.5, 0.6) is 0 Å². The molecule has 14 heteroatoms. The molecule has 0 saturated carbocycles. The van der Waals surface area contributed by atoms with Crippen molar-refractivity contribution >= 4 is 17.9 Å². The Hall–Kier alpha value is -4.25. The zero-order valence-corrected chi connectivity index (χ0v) is 29.8. The second kappa shape index (κ2) is 19.7. The van der Waals surface area contributed by atoms with Gasteiger partial charge >= 0.3 is 17.9 Å². The molecule has 10 atom stereocenters. The van der Waals surface area contributed by atoms with E-state index < -0.39 is 79.3 Å². The van der Waals surface area contributed by atoms with E-state index >= 15 is 0 Å². The lowest BCUT2D eigenvalue weighted by molar-refractivity contribution is -0.363. The highest BCUT2D eigenvalue weighted by atomic mass is 16.8. The Labute approximate surface area is 307 Å². The molecule has 0 radical (unpaired) electrons. The van der Waals surface area contributed by atoms with Crippen molar-refractivity contribution in [3.63, 3.8) is 0 Å². The van der Waals surface area contributed by atoms with Crippen LogP contribution in [-0.2, 0) is 76.8 Å². The standard InChI is InChI=1S/C39H46O14/c1-24(40)48-33-31(23-46-20-28-15-9-5-10-16-28)52-39(37(50-26(3)42)35(33)49-25(2)41)53-34-32(43)30(22-45-19-27-13-7-4-8-14-27)51-38(44)36(34)47-21-29-17-11-6-12-18-29/h4-18,30-39,43-44H,19-23H2,1-3H3/t30-,31-,32-,33+,34+,35+,36-,37-,38-,39+/m1/s1. The molecule has 3 aromatic rings. The third-order valence-electron chi connectivity index (χ3n) is 8.50. The minimum Gasteiger partial charge on any atom is -0.456 e. The van der Waals surface area contributed by atoms with Crippen LogP contribution in [0.2, 0.25) is 0 Å². The van der Waals surface area contributed by atoms with E-state index in [9.17, 15) is 24.6 Å². The summed E-state index contributed by atoms with van der Waals surface area (Å²) in [6.07, 6.45) is -13.8. The summed E-state index contributed by atoms with van der Waals surface area (Å²) >= 11 is 0. The molecule has 2 heterocycles. The molecular weight excluding hydrogens is 692 g/mol. The van der Waals surface area contributed by atoms with E-state index in [-0.39, 0.29) is 33.0 Å². The van der Waals surface area contributed by atoms with Crippen molar-refractivity contribution in [1.29, 1.82) is 0 Å². The van der Waals surface area contributed by atoms with Gasteiger partial charge in [0.25, 0.3) is 0 Å². The van der Waals surface area contributed by atoms with E-state index in [1.807, 2.05) is 91.0 Å². The van der Waals surface area contributed by atoms with Crippen LogP contribution in [-0.4, -0.2) is 103 Å². The Kier molecular flexibility index (Phi) is 14.9. The van der Waals surface area contributed by atoms with Gasteiger partial charge < -0.3 is 52.8 Å². The predicted molar refractivity (Wildman–Crippen MR) is 184 cm³/mol.